The number of aromatic nitrogens is 2. The number of rotatable bonds is 6. The van der Waals surface area contributed by atoms with E-state index in [2.05, 4.69) is 62.0 Å². The summed E-state index contributed by atoms with van der Waals surface area (Å²) in [6, 6.07) is 24.0. The van der Waals surface area contributed by atoms with Crippen molar-refractivity contribution >= 4 is 32.7 Å². The van der Waals surface area contributed by atoms with Crippen molar-refractivity contribution in [3.8, 4) is 5.88 Å². The Kier molecular flexibility index (Phi) is 7.85. The summed E-state index contributed by atoms with van der Waals surface area (Å²) < 4.78 is 7.57. The van der Waals surface area contributed by atoms with Crippen molar-refractivity contribution in [2.45, 2.75) is 44.2 Å². The van der Waals surface area contributed by atoms with E-state index in [4.69, 9.17) is 4.74 Å². The molecule has 1 amide bonds. The molecule has 0 radical (unpaired) electrons. The molecule has 7 heteroatoms. The highest BCUT2D eigenvalue weighted by Gasteiger charge is 2.40. The third kappa shape index (κ3) is 5.63. The monoisotopic (exact) mass is 598 g/mol. The molecule has 1 atom stereocenters. The van der Waals surface area contributed by atoms with Crippen LogP contribution in [0.3, 0.4) is 0 Å². The van der Waals surface area contributed by atoms with Crippen molar-refractivity contribution < 1.29 is 9.53 Å². The molecule has 2 aliphatic heterocycles. The van der Waals surface area contributed by atoms with Gasteiger partial charge in [0.25, 0.3) is 5.91 Å². The first-order valence-electron chi connectivity index (χ1n) is 14.2. The lowest BCUT2D eigenvalue weighted by molar-refractivity contribution is -0.00608. The number of benzene rings is 2. The highest BCUT2D eigenvalue weighted by molar-refractivity contribution is 9.10. The van der Waals surface area contributed by atoms with Gasteiger partial charge < -0.3 is 9.64 Å². The van der Waals surface area contributed by atoms with Crippen molar-refractivity contribution in [3.63, 3.8) is 0 Å². The topological polar surface area (TPSA) is 58.6 Å². The van der Waals surface area contributed by atoms with Gasteiger partial charge in [0, 0.05) is 58.4 Å². The number of nitrogens with zero attached hydrogens (tertiary/aromatic N) is 4. The van der Waals surface area contributed by atoms with Crippen LogP contribution in [-0.2, 0) is 0 Å². The van der Waals surface area contributed by atoms with E-state index >= 15 is 0 Å². The molecule has 2 fully saturated rings. The number of fused-ring (bicyclic) bond motifs is 1. The third-order valence-electron chi connectivity index (χ3n) is 8.82. The average Bonchev–Trinajstić information content (AvgIpc) is 3.01. The predicted octanol–water partition coefficient (Wildman–Crippen LogP) is 6.92. The second-order valence-electron chi connectivity index (χ2n) is 11.2. The molecule has 4 aromatic rings. The fourth-order valence-electron chi connectivity index (χ4n) is 6.35. The molecule has 0 N–H and O–H groups in total. The molecule has 0 aliphatic carbocycles. The maximum Gasteiger partial charge on any atom is 0.254 e. The Morgan fingerprint density at radius 3 is 2.38 bits per heavy atom. The summed E-state index contributed by atoms with van der Waals surface area (Å²) in [5, 5.41) is 0.929. The first kappa shape index (κ1) is 26.9. The Bertz CT molecular complexity index is 1440. The summed E-state index contributed by atoms with van der Waals surface area (Å²) in [5.74, 6) is 1.19. The summed E-state index contributed by atoms with van der Waals surface area (Å²) in [4.78, 5) is 27.0. The summed E-state index contributed by atoms with van der Waals surface area (Å²) in [5.41, 5.74) is 2.90. The van der Waals surface area contributed by atoms with Gasteiger partial charge in [0.15, 0.2) is 0 Å². The average molecular weight is 600 g/mol. The van der Waals surface area contributed by atoms with Gasteiger partial charge in [-0.25, -0.2) is 4.98 Å². The molecule has 2 saturated heterocycles. The molecule has 2 aromatic heterocycles. The van der Waals surface area contributed by atoms with Crippen LogP contribution in [0.5, 0.6) is 5.88 Å². The number of halogens is 1. The van der Waals surface area contributed by atoms with Crippen LogP contribution in [0, 0.1) is 5.92 Å². The molecular formula is C33H35BrN4O2. The quantitative estimate of drug-likeness (QED) is 0.241. The van der Waals surface area contributed by atoms with Crippen LogP contribution in [0.4, 0.5) is 0 Å². The lowest BCUT2D eigenvalue weighted by Gasteiger charge is -2.49. The number of pyridine rings is 2. The zero-order valence-electron chi connectivity index (χ0n) is 22.9. The summed E-state index contributed by atoms with van der Waals surface area (Å²) in [7, 11) is 0. The van der Waals surface area contributed by atoms with Gasteiger partial charge >= 0.3 is 0 Å². The number of ether oxygens (including phenoxy) is 1. The molecule has 6 rings (SSSR count). The van der Waals surface area contributed by atoms with Gasteiger partial charge in [-0.1, -0.05) is 46.3 Å². The summed E-state index contributed by atoms with van der Waals surface area (Å²) in [6.45, 7) is 5.99. The van der Waals surface area contributed by atoms with Crippen LogP contribution in [-0.4, -0.2) is 57.4 Å². The van der Waals surface area contributed by atoms with Crippen molar-refractivity contribution in [3.05, 3.63) is 101 Å². The third-order valence-corrected chi connectivity index (χ3v) is 9.35. The second-order valence-corrected chi connectivity index (χ2v) is 12.2. The van der Waals surface area contributed by atoms with Crippen LogP contribution in [0.1, 0.15) is 54.6 Å². The molecule has 1 unspecified atom stereocenters. The van der Waals surface area contributed by atoms with Gasteiger partial charge in [0.2, 0.25) is 5.88 Å². The zero-order chi connectivity index (χ0) is 27.5. The molecule has 40 heavy (non-hydrogen) atoms. The summed E-state index contributed by atoms with van der Waals surface area (Å²) >= 11 is 3.56. The van der Waals surface area contributed by atoms with Gasteiger partial charge in [0.1, 0.15) is 6.10 Å². The van der Waals surface area contributed by atoms with Crippen LogP contribution >= 0.6 is 15.9 Å². The fraction of sp³-hybridized carbons (Fsp3) is 0.364. The highest BCUT2D eigenvalue weighted by Crippen LogP contribution is 2.39. The van der Waals surface area contributed by atoms with Gasteiger partial charge in [-0.05, 0) is 87.7 Å². The largest absolute Gasteiger partial charge is 0.469 e. The number of hydrogen-bond donors (Lipinski definition) is 0. The van der Waals surface area contributed by atoms with E-state index in [0.717, 1.165) is 72.8 Å². The van der Waals surface area contributed by atoms with E-state index in [1.165, 1.54) is 5.56 Å². The highest BCUT2D eigenvalue weighted by atomic mass is 79.9. The molecule has 0 bridgehead atoms. The molecule has 2 aliphatic rings. The van der Waals surface area contributed by atoms with Crippen molar-refractivity contribution in [2.24, 2.45) is 5.92 Å². The maximum absolute atomic E-state index is 13.5. The van der Waals surface area contributed by atoms with Gasteiger partial charge in [-0.15, -0.1) is 0 Å². The first-order chi connectivity index (χ1) is 19.5. The Morgan fingerprint density at radius 2 is 1.65 bits per heavy atom. The standard InChI is InChI=1S/C33H35BrN4O2/c1-33(16-22-37(23-17-33)32(39)28-6-4-8-29-27(28)7-5-19-35-29)38-20-14-25(15-21-38)31(24-10-12-26(34)13-11-24)40-30-9-2-3-18-36-30/h2-13,18-19,25,31H,14-17,20-23H2,1H3. The smallest absolute Gasteiger partial charge is 0.254 e. The molecule has 2 aromatic carbocycles. The van der Waals surface area contributed by atoms with E-state index in [1.807, 2.05) is 53.4 Å². The molecule has 6 nitrogen and oxygen atoms in total. The van der Waals surface area contributed by atoms with Gasteiger partial charge in [-0.3, -0.25) is 14.7 Å². The van der Waals surface area contributed by atoms with Gasteiger partial charge in [-0.2, -0.15) is 0 Å². The first-order valence-corrected chi connectivity index (χ1v) is 15.0. The minimum Gasteiger partial charge on any atom is -0.469 e. The maximum atomic E-state index is 13.5. The number of carbonyl (C=O) groups is 1. The summed E-state index contributed by atoms with van der Waals surface area (Å²) in [6.07, 6.45) is 7.61. The van der Waals surface area contributed by atoms with Crippen molar-refractivity contribution in [2.75, 3.05) is 26.2 Å². The Morgan fingerprint density at radius 1 is 0.900 bits per heavy atom. The molecule has 206 valence electrons. The van der Waals surface area contributed by atoms with Crippen LogP contribution in [0.15, 0.2) is 89.7 Å². The van der Waals surface area contributed by atoms with Crippen LogP contribution in [0.25, 0.3) is 10.9 Å². The van der Waals surface area contributed by atoms with E-state index in [0.29, 0.717) is 11.8 Å². The minimum absolute atomic E-state index is 0.0346. The lowest BCUT2D eigenvalue weighted by Crippen LogP contribution is -2.56. The van der Waals surface area contributed by atoms with Gasteiger partial charge in [0.05, 0.1) is 5.52 Å². The Hall–Kier alpha value is -3.29. The SMILES string of the molecule is CC1(N2CCC(C(Oc3ccccn3)c3ccc(Br)cc3)CC2)CCN(C(=O)c2cccc3ncccc23)CC1. The predicted molar refractivity (Wildman–Crippen MR) is 161 cm³/mol. The minimum atomic E-state index is -0.0346. The Labute approximate surface area is 244 Å². The number of carbonyl (C=O) groups excluding carboxylic acids is 1. The van der Waals surface area contributed by atoms with Crippen LogP contribution < -0.4 is 4.74 Å². The van der Waals surface area contributed by atoms with Crippen molar-refractivity contribution in [1.29, 1.82) is 0 Å². The van der Waals surface area contributed by atoms with E-state index in [9.17, 15) is 4.79 Å². The van der Waals surface area contributed by atoms with E-state index < -0.39 is 0 Å². The number of likely N-dealkylation sites (tertiary alicyclic amines) is 2. The zero-order valence-corrected chi connectivity index (χ0v) is 24.5. The fourth-order valence-corrected chi connectivity index (χ4v) is 6.61. The number of piperidine rings is 2. The molecule has 0 spiro atoms. The number of amides is 1. The van der Waals surface area contributed by atoms with E-state index in [-0.39, 0.29) is 17.6 Å². The normalized spacial score (nSPS) is 18.9. The van der Waals surface area contributed by atoms with Crippen molar-refractivity contribution in [1.82, 2.24) is 19.8 Å². The molecule has 4 heterocycles. The lowest BCUT2D eigenvalue weighted by atomic mass is 9.82. The molecule has 0 saturated carbocycles. The number of hydrogen-bond acceptors (Lipinski definition) is 5. The molecular weight excluding hydrogens is 564 g/mol. The Balaban J connectivity index is 1.10. The van der Waals surface area contributed by atoms with E-state index in [1.54, 1.807) is 12.4 Å². The van der Waals surface area contributed by atoms with Crippen LogP contribution in [0.2, 0.25) is 0 Å². The second kappa shape index (κ2) is 11.7.